The minimum atomic E-state index is -0.537. The summed E-state index contributed by atoms with van der Waals surface area (Å²) in [5, 5.41) is 5.72. The van der Waals surface area contributed by atoms with Gasteiger partial charge < -0.3 is 24.8 Å². The Kier molecular flexibility index (Phi) is 9.00. The molecule has 6 rings (SSSR count). The highest BCUT2D eigenvalue weighted by atomic mass is 32.1. The van der Waals surface area contributed by atoms with E-state index in [4.69, 9.17) is 9.72 Å². The molecule has 232 valence electrons. The molecule has 0 bridgehead atoms. The molecule has 2 aliphatic heterocycles. The molecule has 0 radical (unpaired) electrons. The van der Waals surface area contributed by atoms with E-state index < -0.39 is 5.60 Å². The highest BCUT2D eigenvalue weighted by Crippen LogP contribution is 2.33. The largest absolute Gasteiger partial charge is 0.444 e. The zero-order valence-corrected chi connectivity index (χ0v) is 26.8. The van der Waals surface area contributed by atoms with Crippen molar-refractivity contribution in [2.75, 3.05) is 57.7 Å². The summed E-state index contributed by atoms with van der Waals surface area (Å²) in [6, 6.07) is 12.3. The summed E-state index contributed by atoms with van der Waals surface area (Å²) in [6.45, 7) is 11.9. The molecule has 2 aliphatic rings. The van der Waals surface area contributed by atoms with Crippen molar-refractivity contribution in [3.8, 4) is 11.3 Å². The third-order valence-corrected chi connectivity index (χ3v) is 9.36. The van der Waals surface area contributed by atoms with E-state index in [-0.39, 0.29) is 12.0 Å². The fourth-order valence-corrected chi connectivity index (χ4v) is 7.01. The van der Waals surface area contributed by atoms with Crippen LogP contribution in [0.2, 0.25) is 0 Å². The van der Waals surface area contributed by atoms with Gasteiger partial charge in [0.2, 0.25) is 0 Å². The molecule has 3 aromatic heterocycles. The lowest BCUT2D eigenvalue weighted by Crippen LogP contribution is -2.51. The lowest BCUT2D eigenvalue weighted by molar-refractivity contribution is 0.0141. The van der Waals surface area contributed by atoms with Gasteiger partial charge in [-0.05, 0) is 89.3 Å². The molecule has 1 aromatic carbocycles. The fraction of sp³-hybridized carbons (Fsp3) is 0.471. The van der Waals surface area contributed by atoms with Crippen LogP contribution in [0.5, 0.6) is 0 Å². The minimum Gasteiger partial charge on any atom is -0.444 e. The number of amides is 2. The molecule has 0 aliphatic carbocycles. The van der Waals surface area contributed by atoms with Crippen molar-refractivity contribution in [3.05, 3.63) is 53.7 Å². The molecule has 1 N–H and O–H groups in total. The maximum Gasteiger partial charge on any atom is 0.410 e. The number of carbonyl (C=O) groups is 2. The molecule has 0 saturated carbocycles. The number of fused-ring (bicyclic) bond motifs is 2. The standard InChI is InChI=1S/C34H42N6O3S/c1-34(2,3)43-33(42)40-18-16-39(17-19-40)32(41)31-21-25-9-8-24(20-30(25)44-31)28-22-29(26-23-35-12-10-27(26)37-28)36-11-7-15-38-13-5-4-6-14-38/h8-10,12,20-23H,4-7,11,13-19H2,1-3H3,(H,36,37). The Balaban J connectivity index is 1.15. The first-order chi connectivity index (χ1) is 21.2. The van der Waals surface area contributed by atoms with Gasteiger partial charge in [-0.15, -0.1) is 11.3 Å². The van der Waals surface area contributed by atoms with Gasteiger partial charge in [0.25, 0.3) is 5.91 Å². The molecular formula is C34H42N6O3S. The molecule has 0 unspecified atom stereocenters. The van der Waals surface area contributed by atoms with Gasteiger partial charge in [0.1, 0.15) is 5.60 Å². The van der Waals surface area contributed by atoms with Crippen LogP contribution in [0.1, 0.15) is 56.1 Å². The fourth-order valence-electron chi connectivity index (χ4n) is 5.94. The van der Waals surface area contributed by atoms with Crippen LogP contribution >= 0.6 is 11.3 Å². The number of hydrogen-bond acceptors (Lipinski definition) is 8. The summed E-state index contributed by atoms with van der Waals surface area (Å²) < 4.78 is 6.54. The maximum atomic E-state index is 13.4. The van der Waals surface area contributed by atoms with E-state index >= 15 is 0 Å². The first-order valence-corrected chi connectivity index (χ1v) is 16.6. The first kappa shape index (κ1) is 30.3. The second kappa shape index (κ2) is 13.1. The topological polar surface area (TPSA) is 90.9 Å². The lowest BCUT2D eigenvalue weighted by atomic mass is 10.1. The Morgan fingerprint density at radius 2 is 1.73 bits per heavy atom. The number of pyridine rings is 2. The number of carbonyl (C=O) groups excluding carboxylic acids is 2. The van der Waals surface area contributed by atoms with Crippen molar-refractivity contribution in [3.63, 3.8) is 0 Å². The van der Waals surface area contributed by atoms with Gasteiger partial charge >= 0.3 is 6.09 Å². The highest BCUT2D eigenvalue weighted by molar-refractivity contribution is 7.20. The van der Waals surface area contributed by atoms with Gasteiger partial charge in [-0.1, -0.05) is 18.6 Å². The molecule has 0 spiro atoms. The number of aromatic nitrogens is 2. The second-order valence-corrected chi connectivity index (χ2v) is 13.8. The van der Waals surface area contributed by atoms with Gasteiger partial charge in [-0.2, -0.15) is 0 Å². The molecule has 2 amide bonds. The van der Waals surface area contributed by atoms with E-state index in [1.54, 1.807) is 11.1 Å². The SMILES string of the molecule is CC(C)(C)OC(=O)N1CCN(C(=O)c2cc3ccc(-c4cc(NCCCN5CCCCC5)c5cnccc5n4)cc3s2)CC1. The summed E-state index contributed by atoms with van der Waals surface area (Å²) in [5.74, 6) is 0.00367. The average molecular weight is 615 g/mol. The Bertz CT molecular complexity index is 1630. The van der Waals surface area contributed by atoms with Gasteiger partial charge in [0, 0.05) is 66.5 Å². The Labute approximate surface area is 263 Å². The molecular weight excluding hydrogens is 572 g/mol. The van der Waals surface area contributed by atoms with Crippen molar-refractivity contribution in [1.82, 2.24) is 24.7 Å². The third kappa shape index (κ3) is 7.13. The number of likely N-dealkylation sites (tertiary alicyclic amines) is 1. The predicted octanol–water partition coefficient (Wildman–Crippen LogP) is 6.49. The molecule has 4 aromatic rings. The maximum absolute atomic E-state index is 13.4. The molecule has 2 saturated heterocycles. The number of rotatable bonds is 7. The number of thiophene rings is 1. The van der Waals surface area contributed by atoms with Crippen LogP contribution < -0.4 is 5.32 Å². The summed E-state index contributed by atoms with van der Waals surface area (Å²) >= 11 is 1.51. The van der Waals surface area contributed by atoms with Gasteiger partial charge in [0.05, 0.1) is 16.1 Å². The number of benzene rings is 1. The second-order valence-electron chi connectivity index (χ2n) is 12.8. The zero-order chi connectivity index (χ0) is 30.7. The van der Waals surface area contributed by atoms with Gasteiger partial charge in [0.15, 0.2) is 0 Å². The Morgan fingerprint density at radius 1 is 0.955 bits per heavy atom. The lowest BCUT2D eigenvalue weighted by Gasteiger charge is -2.35. The number of anilines is 1. The zero-order valence-electron chi connectivity index (χ0n) is 26.0. The summed E-state index contributed by atoms with van der Waals surface area (Å²) in [5.41, 5.74) is 3.32. The molecule has 9 nitrogen and oxygen atoms in total. The normalized spacial score (nSPS) is 16.4. The molecule has 10 heteroatoms. The number of piperazine rings is 1. The number of ether oxygens (including phenoxy) is 1. The van der Waals surface area contributed by atoms with E-state index in [1.807, 2.05) is 44.0 Å². The summed E-state index contributed by atoms with van der Waals surface area (Å²) in [7, 11) is 0. The van der Waals surface area contributed by atoms with Gasteiger partial charge in [-0.3, -0.25) is 9.78 Å². The van der Waals surface area contributed by atoms with Crippen LogP contribution in [0.3, 0.4) is 0 Å². The van der Waals surface area contributed by atoms with Crippen molar-refractivity contribution in [2.24, 2.45) is 0 Å². The van der Waals surface area contributed by atoms with Crippen molar-refractivity contribution in [1.29, 1.82) is 0 Å². The highest BCUT2D eigenvalue weighted by Gasteiger charge is 2.28. The first-order valence-electron chi connectivity index (χ1n) is 15.8. The molecule has 5 heterocycles. The smallest absolute Gasteiger partial charge is 0.410 e. The van der Waals surface area contributed by atoms with Crippen molar-refractivity contribution in [2.45, 2.75) is 52.1 Å². The third-order valence-electron chi connectivity index (χ3n) is 8.27. The van der Waals surface area contributed by atoms with Crippen LogP contribution in [0, 0.1) is 0 Å². The number of piperidine rings is 1. The van der Waals surface area contributed by atoms with E-state index in [0.29, 0.717) is 31.1 Å². The van der Waals surface area contributed by atoms with Crippen LogP contribution in [-0.4, -0.2) is 94.6 Å². The Hall–Kier alpha value is -3.76. The minimum absolute atomic E-state index is 0.00367. The number of hydrogen-bond donors (Lipinski definition) is 1. The summed E-state index contributed by atoms with van der Waals surface area (Å²) in [6.07, 6.45) is 8.42. The molecule has 44 heavy (non-hydrogen) atoms. The molecule has 2 fully saturated rings. The van der Waals surface area contributed by atoms with E-state index in [9.17, 15) is 9.59 Å². The quantitative estimate of drug-likeness (QED) is 0.238. The van der Waals surface area contributed by atoms with Crippen LogP contribution in [0.25, 0.3) is 32.2 Å². The number of nitrogens with zero attached hydrogens (tertiary/aromatic N) is 5. The predicted molar refractivity (Wildman–Crippen MR) is 177 cm³/mol. The van der Waals surface area contributed by atoms with Crippen LogP contribution in [0.4, 0.5) is 10.5 Å². The summed E-state index contributed by atoms with van der Waals surface area (Å²) in [4.78, 5) is 42.0. The van der Waals surface area contributed by atoms with E-state index in [2.05, 4.69) is 39.5 Å². The average Bonchev–Trinajstić information content (AvgIpc) is 3.46. The van der Waals surface area contributed by atoms with Crippen LogP contribution in [-0.2, 0) is 4.74 Å². The van der Waals surface area contributed by atoms with Crippen LogP contribution in [0.15, 0.2) is 48.8 Å². The monoisotopic (exact) mass is 614 g/mol. The number of nitrogens with one attached hydrogen (secondary N) is 1. The van der Waals surface area contributed by atoms with E-state index in [1.165, 1.54) is 43.7 Å². The van der Waals surface area contributed by atoms with Crippen molar-refractivity contribution >= 4 is 50.0 Å². The van der Waals surface area contributed by atoms with E-state index in [0.717, 1.165) is 57.4 Å². The van der Waals surface area contributed by atoms with Crippen molar-refractivity contribution < 1.29 is 14.3 Å². The Morgan fingerprint density at radius 3 is 2.50 bits per heavy atom. The molecule has 0 atom stereocenters. The van der Waals surface area contributed by atoms with Gasteiger partial charge in [-0.25, -0.2) is 9.78 Å².